The van der Waals surface area contributed by atoms with E-state index in [1.165, 1.54) is 5.56 Å². The van der Waals surface area contributed by atoms with Crippen LogP contribution in [0, 0.1) is 5.41 Å². The van der Waals surface area contributed by atoms with Gasteiger partial charge in [0.1, 0.15) is 0 Å². The van der Waals surface area contributed by atoms with E-state index in [1.807, 2.05) is 24.3 Å². The summed E-state index contributed by atoms with van der Waals surface area (Å²) in [4.78, 5) is 0. The molecule has 1 aromatic carbocycles. The average Bonchev–Trinajstić information content (AvgIpc) is 2.50. The van der Waals surface area contributed by atoms with Crippen molar-refractivity contribution in [1.29, 1.82) is 0 Å². The Morgan fingerprint density at radius 3 is 2.00 bits per heavy atom. The molecule has 5 heteroatoms. The topological polar surface area (TPSA) is 9.23 Å². The zero-order valence-corrected chi connectivity index (χ0v) is 15.1. The molecular formula is C19H28F4O. The summed E-state index contributed by atoms with van der Waals surface area (Å²) < 4.78 is 59.0. The lowest BCUT2D eigenvalue weighted by Gasteiger charge is -2.35. The van der Waals surface area contributed by atoms with Gasteiger partial charge in [0.05, 0.1) is 6.61 Å². The third-order valence-electron chi connectivity index (χ3n) is 4.36. The highest BCUT2D eigenvalue weighted by molar-refractivity contribution is 5.25. The highest BCUT2D eigenvalue weighted by atomic mass is 19.3. The molecule has 0 N–H and O–H groups in total. The summed E-state index contributed by atoms with van der Waals surface area (Å²) in [7, 11) is 0. The van der Waals surface area contributed by atoms with E-state index < -0.39 is 24.1 Å². The minimum Gasteiger partial charge on any atom is -0.316 e. The van der Waals surface area contributed by atoms with E-state index in [0.29, 0.717) is 12.3 Å². The number of alkyl halides is 4. The van der Waals surface area contributed by atoms with Crippen LogP contribution in [0.1, 0.15) is 64.5 Å². The fourth-order valence-corrected chi connectivity index (χ4v) is 2.25. The lowest BCUT2D eigenvalue weighted by molar-refractivity contribution is -0.373. The molecule has 0 bridgehead atoms. The van der Waals surface area contributed by atoms with Gasteiger partial charge in [0.15, 0.2) is 0 Å². The first-order valence-electron chi connectivity index (χ1n) is 8.41. The minimum absolute atomic E-state index is 0.262. The van der Waals surface area contributed by atoms with Crippen LogP contribution in [0.15, 0.2) is 24.3 Å². The predicted octanol–water partition coefficient (Wildman–Crippen LogP) is 6.42. The smallest absolute Gasteiger partial charge is 0.316 e. The van der Waals surface area contributed by atoms with E-state index in [0.717, 1.165) is 32.8 Å². The first-order chi connectivity index (χ1) is 10.9. The second-order valence-electron chi connectivity index (χ2n) is 7.34. The molecule has 0 saturated heterocycles. The number of benzene rings is 1. The third kappa shape index (κ3) is 4.95. The van der Waals surface area contributed by atoms with Crippen LogP contribution in [0.5, 0.6) is 0 Å². The van der Waals surface area contributed by atoms with Gasteiger partial charge in [-0.15, -0.1) is 0 Å². The Kier molecular flexibility index (Phi) is 6.85. The van der Waals surface area contributed by atoms with Crippen LogP contribution in [0.2, 0.25) is 0 Å². The minimum atomic E-state index is -4.47. The highest BCUT2D eigenvalue weighted by Crippen LogP contribution is 2.47. The molecule has 0 fully saturated rings. The van der Waals surface area contributed by atoms with E-state index in [1.54, 1.807) is 0 Å². The van der Waals surface area contributed by atoms with Crippen LogP contribution in [-0.2, 0) is 11.2 Å². The summed E-state index contributed by atoms with van der Waals surface area (Å²) >= 11 is 0. The molecule has 24 heavy (non-hydrogen) atoms. The van der Waals surface area contributed by atoms with Crippen LogP contribution in [0.25, 0.3) is 0 Å². The van der Waals surface area contributed by atoms with Gasteiger partial charge in [-0.1, -0.05) is 58.9 Å². The molecule has 1 aromatic rings. The molecular weight excluding hydrogens is 320 g/mol. The van der Waals surface area contributed by atoms with Gasteiger partial charge in [0.2, 0.25) is 0 Å². The van der Waals surface area contributed by atoms with E-state index in [9.17, 15) is 17.6 Å². The Bertz CT molecular complexity index is 503. The Labute approximate surface area is 142 Å². The summed E-state index contributed by atoms with van der Waals surface area (Å²) in [5.74, 6) is -3.75. The second-order valence-corrected chi connectivity index (χ2v) is 7.34. The van der Waals surface area contributed by atoms with E-state index >= 15 is 0 Å². The molecule has 0 heterocycles. The molecule has 138 valence electrons. The molecule has 1 nitrogen and oxygen atoms in total. The summed E-state index contributed by atoms with van der Waals surface area (Å²) in [5, 5.41) is 0. The van der Waals surface area contributed by atoms with Crippen LogP contribution in [0.4, 0.5) is 17.6 Å². The largest absolute Gasteiger partial charge is 0.419 e. The molecule has 1 unspecified atom stereocenters. The average molecular weight is 348 g/mol. The fourth-order valence-electron chi connectivity index (χ4n) is 2.25. The van der Waals surface area contributed by atoms with Crippen LogP contribution < -0.4 is 0 Å². The summed E-state index contributed by atoms with van der Waals surface area (Å²) in [6.45, 7) is 7.06. The molecule has 0 aromatic heterocycles. The lowest BCUT2D eigenvalue weighted by atomic mass is 9.87. The van der Waals surface area contributed by atoms with Gasteiger partial charge >= 0.3 is 12.0 Å². The predicted molar refractivity (Wildman–Crippen MR) is 88.8 cm³/mol. The Morgan fingerprint density at radius 2 is 1.54 bits per heavy atom. The fraction of sp³-hybridized carbons (Fsp3) is 0.684. The molecule has 1 atom stereocenters. The molecule has 0 spiro atoms. The molecule has 0 aliphatic rings. The number of rotatable bonds is 8. The SMILES string of the molecule is CCC(C)c1ccc(CCCOC(F)(F)C(F)(F)C(C)(C)C)cc1. The molecule has 1 rings (SSSR count). The van der Waals surface area contributed by atoms with Gasteiger partial charge in [0.25, 0.3) is 0 Å². The first kappa shape index (κ1) is 20.9. The number of ether oxygens (including phenoxy) is 1. The summed E-state index contributed by atoms with van der Waals surface area (Å²) in [5.41, 5.74) is 0.341. The van der Waals surface area contributed by atoms with Gasteiger partial charge in [-0.05, 0) is 36.3 Å². The lowest BCUT2D eigenvalue weighted by Crippen LogP contribution is -2.51. The van der Waals surface area contributed by atoms with E-state index in [4.69, 9.17) is 0 Å². The van der Waals surface area contributed by atoms with Crippen LogP contribution in [-0.4, -0.2) is 18.6 Å². The van der Waals surface area contributed by atoms with Crippen molar-refractivity contribution in [1.82, 2.24) is 0 Å². The maximum atomic E-state index is 13.7. The Balaban J connectivity index is 2.51. The molecule has 0 amide bonds. The zero-order chi connectivity index (χ0) is 18.6. The second kappa shape index (κ2) is 7.85. The highest BCUT2D eigenvalue weighted by Gasteiger charge is 2.64. The maximum absolute atomic E-state index is 13.7. The van der Waals surface area contributed by atoms with Crippen molar-refractivity contribution >= 4 is 0 Å². The number of halogens is 4. The standard InChI is InChI=1S/C19H28F4O/c1-6-14(2)16-11-9-15(10-12-16)8-7-13-24-19(22,23)18(20,21)17(3,4)5/h9-12,14H,6-8,13H2,1-5H3. The molecule has 0 aliphatic heterocycles. The maximum Gasteiger partial charge on any atom is 0.419 e. The third-order valence-corrected chi connectivity index (χ3v) is 4.36. The van der Waals surface area contributed by atoms with E-state index in [2.05, 4.69) is 18.6 Å². The van der Waals surface area contributed by atoms with Crippen LogP contribution in [0.3, 0.4) is 0 Å². The zero-order valence-electron chi connectivity index (χ0n) is 15.1. The Hall–Kier alpha value is -1.10. The van der Waals surface area contributed by atoms with Gasteiger partial charge < -0.3 is 4.74 Å². The van der Waals surface area contributed by atoms with Crippen LogP contribution >= 0.6 is 0 Å². The van der Waals surface area contributed by atoms with Gasteiger partial charge in [-0.3, -0.25) is 0 Å². The first-order valence-corrected chi connectivity index (χ1v) is 8.41. The summed E-state index contributed by atoms with van der Waals surface area (Å²) in [6, 6.07) is 7.94. The number of hydrogen-bond acceptors (Lipinski definition) is 1. The van der Waals surface area contributed by atoms with Crippen molar-refractivity contribution in [2.75, 3.05) is 6.61 Å². The van der Waals surface area contributed by atoms with Crippen molar-refractivity contribution in [2.24, 2.45) is 5.41 Å². The number of hydrogen-bond donors (Lipinski definition) is 0. The number of aryl methyl sites for hydroxylation is 1. The Morgan fingerprint density at radius 1 is 1.00 bits per heavy atom. The monoisotopic (exact) mass is 348 g/mol. The van der Waals surface area contributed by atoms with Crippen molar-refractivity contribution in [2.45, 2.75) is 71.8 Å². The van der Waals surface area contributed by atoms with Gasteiger partial charge in [0, 0.05) is 5.41 Å². The van der Waals surface area contributed by atoms with Crippen molar-refractivity contribution in [3.63, 3.8) is 0 Å². The molecule has 0 radical (unpaired) electrons. The molecule has 0 saturated carbocycles. The van der Waals surface area contributed by atoms with Crippen molar-refractivity contribution in [3.8, 4) is 0 Å². The van der Waals surface area contributed by atoms with Crippen molar-refractivity contribution in [3.05, 3.63) is 35.4 Å². The van der Waals surface area contributed by atoms with Crippen molar-refractivity contribution < 1.29 is 22.3 Å². The quantitative estimate of drug-likeness (QED) is 0.389. The summed E-state index contributed by atoms with van der Waals surface area (Å²) in [6.07, 6.45) is -2.65. The van der Waals surface area contributed by atoms with Gasteiger partial charge in [-0.2, -0.15) is 17.6 Å². The van der Waals surface area contributed by atoms with E-state index in [-0.39, 0.29) is 6.42 Å². The normalized spacial score (nSPS) is 14.7. The molecule has 0 aliphatic carbocycles. The van der Waals surface area contributed by atoms with Gasteiger partial charge in [-0.25, -0.2) is 0 Å².